The molecule has 6 N–H and O–H groups in total. The number of nitrogens with two attached hydrogens (primary N) is 1. The number of piperidine rings is 1. The average Bonchev–Trinajstić information content (AvgIpc) is 3.21. The normalized spacial score (nSPS) is 17.7. The summed E-state index contributed by atoms with van der Waals surface area (Å²) in [7, 11) is -3.95. The number of halogens is 2. The summed E-state index contributed by atoms with van der Waals surface area (Å²) in [4.78, 5) is 53.4. The van der Waals surface area contributed by atoms with Crippen LogP contribution in [-0.2, 0) is 32.6 Å². The van der Waals surface area contributed by atoms with Gasteiger partial charge in [0, 0.05) is 82.0 Å². The maximum absolute atomic E-state index is 14.5. The number of benzene rings is 2. The van der Waals surface area contributed by atoms with Gasteiger partial charge in [0.1, 0.15) is 17.8 Å². The number of hydrogen-bond donors (Lipinski definition) is 5. The van der Waals surface area contributed by atoms with Crippen LogP contribution in [-0.4, -0.2) is 127 Å². The number of carbonyl (C=O) groups is 3. The van der Waals surface area contributed by atoms with Gasteiger partial charge >= 0.3 is 6.03 Å². The van der Waals surface area contributed by atoms with E-state index in [-0.39, 0.29) is 36.1 Å². The minimum atomic E-state index is -3.95. The highest BCUT2D eigenvalue weighted by Gasteiger charge is 2.35. The number of carbonyl (C=O) groups excluding carboxylic acids is 3. The fourth-order valence-electron chi connectivity index (χ4n) is 7.56. The van der Waals surface area contributed by atoms with Gasteiger partial charge < -0.3 is 46.4 Å². The van der Waals surface area contributed by atoms with Gasteiger partial charge in [0.05, 0.1) is 15.2 Å². The maximum Gasteiger partial charge on any atom is 0.322 e. The number of likely N-dealkylation sites (tertiary alicyclic amines) is 1. The number of hydrogen-bond acceptors (Lipinski definition) is 9. The SMILES string of the molecule is CS(=O)(=O)N=C(N[C@H](Cc1cc(Br)c(O)c(Br)c1)C(=O)N[C@@H](CCCCN)C(=O)N1CCN(c2ccncc2)CC1)N1CCC(N2Cc3ccccc3NC2=O)CC1. The highest BCUT2D eigenvalue weighted by Crippen LogP contribution is 2.34. The number of pyridine rings is 1. The van der Waals surface area contributed by atoms with E-state index in [0.29, 0.717) is 99.0 Å². The van der Waals surface area contributed by atoms with Crippen LogP contribution < -0.4 is 26.6 Å². The van der Waals surface area contributed by atoms with Crippen LogP contribution in [0, 0.1) is 0 Å². The minimum absolute atomic E-state index is 0.00954. The second-order valence-corrected chi connectivity index (χ2v) is 18.1. The molecule has 0 radical (unpaired) electrons. The third kappa shape index (κ3) is 11.2. The number of rotatable bonds is 13. The Morgan fingerprint density at radius 2 is 1.64 bits per heavy atom. The Hall–Kier alpha value is -4.46. The summed E-state index contributed by atoms with van der Waals surface area (Å²) < 4.78 is 30.4. The molecule has 2 saturated heterocycles. The highest BCUT2D eigenvalue weighted by molar-refractivity contribution is 9.11. The number of phenolic OH excluding ortho intramolecular Hbond substituents is 1. The van der Waals surface area contributed by atoms with Crippen LogP contribution in [0.1, 0.15) is 43.2 Å². The van der Waals surface area contributed by atoms with E-state index < -0.39 is 28.0 Å². The molecule has 0 saturated carbocycles. The first-order valence-electron chi connectivity index (χ1n) is 19.4. The molecule has 1 aromatic heterocycles. The van der Waals surface area contributed by atoms with Gasteiger partial charge in [-0.05, 0) is 112 Å². The first kappa shape index (κ1) is 43.1. The number of fused-ring (bicyclic) bond motifs is 1. The van der Waals surface area contributed by atoms with E-state index in [4.69, 9.17) is 5.73 Å². The van der Waals surface area contributed by atoms with Crippen molar-refractivity contribution in [1.82, 2.24) is 30.3 Å². The smallest absolute Gasteiger partial charge is 0.322 e. The molecule has 0 spiro atoms. The van der Waals surface area contributed by atoms with Gasteiger partial charge in [0.15, 0.2) is 0 Å². The van der Waals surface area contributed by atoms with E-state index in [0.717, 1.165) is 23.2 Å². The summed E-state index contributed by atoms with van der Waals surface area (Å²) in [5.41, 5.74) is 9.27. The van der Waals surface area contributed by atoms with E-state index in [9.17, 15) is 27.9 Å². The Kier molecular flexibility index (Phi) is 14.5. The molecule has 0 aliphatic carbocycles. The molecule has 3 aliphatic rings. The number of nitrogens with zero attached hydrogens (tertiary/aromatic N) is 6. The number of urea groups is 1. The highest BCUT2D eigenvalue weighted by atomic mass is 79.9. The van der Waals surface area contributed by atoms with Gasteiger partial charge in [-0.1, -0.05) is 18.2 Å². The molecule has 3 aromatic rings. The van der Waals surface area contributed by atoms with Crippen molar-refractivity contribution in [2.24, 2.45) is 10.1 Å². The number of piperazine rings is 1. The summed E-state index contributed by atoms with van der Waals surface area (Å²) >= 11 is 6.75. The fraction of sp³-hybridized carbons (Fsp3) is 0.462. The zero-order chi connectivity index (χ0) is 41.4. The number of unbranched alkanes of at least 4 members (excludes halogenated alkanes) is 1. The Labute approximate surface area is 355 Å². The Bertz CT molecular complexity index is 2060. The van der Waals surface area contributed by atoms with Crippen LogP contribution in [0.2, 0.25) is 0 Å². The van der Waals surface area contributed by atoms with E-state index in [2.05, 4.69) is 62.1 Å². The third-order valence-electron chi connectivity index (χ3n) is 10.6. The van der Waals surface area contributed by atoms with Crippen molar-refractivity contribution in [2.75, 3.05) is 62.3 Å². The third-order valence-corrected chi connectivity index (χ3v) is 12.3. The topological polar surface area (TPSA) is 206 Å². The van der Waals surface area contributed by atoms with Gasteiger partial charge in [-0.15, -0.1) is 4.40 Å². The van der Waals surface area contributed by atoms with Gasteiger partial charge in [0.2, 0.25) is 17.8 Å². The molecule has 2 aromatic carbocycles. The number of phenols is 1. The van der Waals surface area contributed by atoms with Gasteiger partial charge in [-0.2, -0.15) is 0 Å². The van der Waals surface area contributed by atoms with Crippen molar-refractivity contribution >= 4 is 77.1 Å². The molecule has 19 heteroatoms. The Balaban J connectivity index is 1.21. The number of anilines is 2. The lowest BCUT2D eigenvalue weighted by atomic mass is 10.0. The quantitative estimate of drug-likeness (QED) is 0.0952. The van der Waals surface area contributed by atoms with Crippen LogP contribution in [0.4, 0.5) is 16.2 Å². The second kappa shape index (κ2) is 19.5. The predicted octanol–water partition coefficient (Wildman–Crippen LogP) is 3.60. The van der Waals surface area contributed by atoms with Crippen molar-refractivity contribution in [2.45, 2.75) is 63.2 Å². The molecule has 2 atom stereocenters. The average molecular weight is 947 g/mol. The van der Waals surface area contributed by atoms with Crippen molar-refractivity contribution in [3.63, 3.8) is 0 Å². The van der Waals surface area contributed by atoms with E-state index in [1.54, 1.807) is 39.2 Å². The maximum atomic E-state index is 14.5. The Morgan fingerprint density at radius 1 is 0.966 bits per heavy atom. The van der Waals surface area contributed by atoms with Crippen LogP contribution in [0.15, 0.2) is 74.3 Å². The molecule has 6 rings (SSSR count). The molecule has 4 amide bonds. The zero-order valence-corrected chi connectivity index (χ0v) is 36.3. The van der Waals surface area contributed by atoms with Crippen molar-refractivity contribution in [1.29, 1.82) is 0 Å². The van der Waals surface area contributed by atoms with Crippen LogP contribution in [0.3, 0.4) is 0 Å². The number of para-hydroxylation sites is 1. The molecule has 2 fully saturated rings. The summed E-state index contributed by atoms with van der Waals surface area (Å²) in [5.74, 6) is -0.753. The van der Waals surface area contributed by atoms with E-state index in [1.165, 1.54) is 0 Å². The molecule has 3 aliphatic heterocycles. The zero-order valence-electron chi connectivity index (χ0n) is 32.3. The second-order valence-electron chi connectivity index (χ2n) is 14.8. The summed E-state index contributed by atoms with van der Waals surface area (Å²) in [6.45, 7) is 3.77. The fourth-order valence-corrected chi connectivity index (χ4v) is 9.32. The number of sulfonamides is 1. The molecular weight excluding hydrogens is 896 g/mol. The molecular formula is C39H50Br2N10O6S. The first-order chi connectivity index (χ1) is 27.8. The van der Waals surface area contributed by atoms with Gasteiger partial charge in [-0.3, -0.25) is 14.6 Å². The van der Waals surface area contributed by atoms with Crippen molar-refractivity contribution in [3.8, 4) is 5.75 Å². The van der Waals surface area contributed by atoms with Crippen LogP contribution in [0.25, 0.3) is 0 Å². The lowest BCUT2D eigenvalue weighted by Crippen LogP contribution is -2.59. The van der Waals surface area contributed by atoms with Gasteiger partial charge in [0.25, 0.3) is 10.0 Å². The van der Waals surface area contributed by atoms with Crippen LogP contribution >= 0.6 is 31.9 Å². The molecule has 4 heterocycles. The molecule has 0 unspecified atom stereocenters. The number of aromatic hydroxyl groups is 1. The van der Waals surface area contributed by atoms with Gasteiger partial charge in [-0.25, -0.2) is 13.2 Å². The largest absolute Gasteiger partial charge is 0.506 e. The summed E-state index contributed by atoms with van der Waals surface area (Å²) in [6.07, 6.45) is 7.20. The molecule has 0 bridgehead atoms. The molecule has 312 valence electrons. The molecule has 16 nitrogen and oxygen atoms in total. The monoisotopic (exact) mass is 944 g/mol. The number of amides is 4. The number of aromatic nitrogens is 1. The summed E-state index contributed by atoms with van der Waals surface area (Å²) in [5, 5.41) is 19.6. The lowest BCUT2D eigenvalue weighted by Gasteiger charge is -2.41. The summed E-state index contributed by atoms with van der Waals surface area (Å²) in [6, 6.07) is 12.6. The number of guanidine groups is 1. The predicted molar refractivity (Wildman–Crippen MR) is 230 cm³/mol. The van der Waals surface area contributed by atoms with E-state index in [1.807, 2.05) is 36.4 Å². The van der Waals surface area contributed by atoms with E-state index >= 15 is 0 Å². The lowest BCUT2D eigenvalue weighted by molar-refractivity contribution is -0.137. The standard InChI is InChI=1S/C39H50Br2N10O6S/c1-58(56,57)47-38(50-16-11-29(12-17-50)51-25-27-6-2-3-7-32(27)46-39(51)55)45-34(24-26-22-30(40)35(52)31(41)23-26)36(53)44-33(8-4-5-13-42)37(54)49-20-18-48(19-21-49)28-9-14-43-15-10-28/h2-3,6-7,9-10,14-15,22-23,29,33-34,52H,4-5,8,11-13,16-21,24-25,42H2,1H3,(H,44,53)(H,45,47)(H,46,55)/t33-,34+/m0/s1. The minimum Gasteiger partial charge on any atom is -0.506 e. The van der Waals surface area contributed by atoms with Crippen molar-refractivity contribution in [3.05, 3.63) is 81.0 Å². The first-order valence-corrected chi connectivity index (χ1v) is 22.8. The number of nitrogens with one attached hydrogen (secondary N) is 3. The Morgan fingerprint density at radius 3 is 2.29 bits per heavy atom. The molecule has 58 heavy (non-hydrogen) atoms. The van der Waals surface area contributed by atoms with Crippen molar-refractivity contribution < 1.29 is 27.9 Å². The van der Waals surface area contributed by atoms with Crippen LogP contribution in [0.5, 0.6) is 5.75 Å².